The van der Waals surface area contributed by atoms with Crippen molar-refractivity contribution in [2.45, 2.75) is 19.7 Å². The third-order valence-corrected chi connectivity index (χ3v) is 5.68. The summed E-state index contributed by atoms with van der Waals surface area (Å²) < 4.78 is 75.1. The maximum Gasteiger partial charge on any atom is 0.416 e. The van der Waals surface area contributed by atoms with Crippen LogP contribution >= 0.6 is 11.6 Å². The highest BCUT2D eigenvalue weighted by Gasteiger charge is 2.32. The molecule has 4 nitrogen and oxygen atoms in total. The van der Waals surface area contributed by atoms with E-state index in [1.54, 1.807) is 19.1 Å². The molecular formula is C26H17ClF5NO3. The Kier molecular flexibility index (Phi) is 6.77. The van der Waals surface area contributed by atoms with E-state index in [-0.39, 0.29) is 23.6 Å². The Balaban J connectivity index is 1.82. The van der Waals surface area contributed by atoms with Gasteiger partial charge in [-0.1, -0.05) is 11.6 Å². The summed E-state index contributed by atoms with van der Waals surface area (Å²) in [4.78, 5) is 11.5. The van der Waals surface area contributed by atoms with Gasteiger partial charge in [-0.25, -0.2) is 13.6 Å². The number of nitrogens with zero attached hydrogens (tertiary/aromatic N) is 1. The van der Waals surface area contributed by atoms with Crippen molar-refractivity contribution < 1.29 is 36.6 Å². The number of halogens is 6. The number of alkyl halides is 3. The first-order chi connectivity index (χ1) is 16.9. The lowest BCUT2D eigenvalue weighted by molar-refractivity contribution is -0.137. The highest BCUT2D eigenvalue weighted by Crippen LogP contribution is 2.38. The molecule has 1 aromatic heterocycles. The average Bonchev–Trinajstić information content (AvgIpc) is 3.19. The first-order valence-corrected chi connectivity index (χ1v) is 10.8. The molecular weight excluding hydrogens is 505 g/mol. The summed E-state index contributed by atoms with van der Waals surface area (Å²) in [5.74, 6) is -2.82. The molecule has 0 bridgehead atoms. The zero-order valence-corrected chi connectivity index (χ0v) is 19.3. The van der Waals surface area contributed by atoms with E-state index in [9.17, 15) is 31.9 Å². The van der Waals surface area contributed by atoms with Crippen LogP contribution in [0.5, 0.6) is 5.75 Å². The van der Waals surface area contributed by atoms with E-state index in [1.165, 1.54) is 28.8 Å². The predicted molar refractivity (Wildman–Crippen MR) is 124 cm³/mol. The highest BCUT2D eigenvalue weighted by atomic mass is 35.5. The molecule has 36 heavy (non-hydrogen) atoms. The normalized spacial score (nSPS) is 11.5. The van der Waals surface area contributed by atoms with E-state index in [1.807, 2.05) is 0 Å². The largest absolute Gasteiger partial charge is 0.488 e. The van der Waals surface area contributed by atoms with Gasteiger partial charge in [-0.05, 0) is 67.6 Å². The van der Waals surface area contributed by atoms with Crippen LogP contribution in [0.2, 0.25) is 5.02 Å². The van der Waals surface area contributed by atoms with Crippen molar-refractivity contribution in [2.75, 3.05) is 0 Å². The molecule has 1 N–H and O–H groups in total. The Bertz CT molecular complexity index is 1460. The Morgan fingerprint density at radius 2 is 1.75 bits per heavy atom. The van der Waals surface area contributed by atoms with Gasteiger partial charge < -0.3 is 14.4 Å². The third-order valence-electron chi connectivity index (χ3n) is 5.44. The molecule has 0 saturated carbocycles. The molecule has 0 aliphatic rings. The Labute approximate surface area is 207 Å². The minimum atomic E-state index is -4.77. The van der Waals surface area contributed by atoms with E-state index < -0.39 is 34.9 Å². The number of carboxylic acids is 1. The average molecular weight is 522 g/mol. The fourth-order valence-electron chi connectivity index (χ4n) is 3.74. The second-order valence-corrected chi connectivity index (χ2v) is 8.37. The zero-order chi connectivity index (χ0) is 26.2. The van der Waals surface area contributed by atoms with E-state index in [0.29, 0.717) is 28.0 Å². The molecule has 186 valence electrons. The molecule has 0 saturated heterocycles. The lowest BCUT2D eigenvalue weighted by atomic mass is 10.1. The molecule has 0 radical (unpaired) electrons. The molecule has 0 fully saturated rings. The van der Waals surface area contributed by atoms with Crippen molar-refractivity contribution in [3.8, 4) is 22.7 Å². The van der Waals surface area contributed by atoms with Gasteiger partial charge >= 0.3 is 12.1 Å². The van der Waals surface area contributed by atoms with Gasteiger partial charge in [0.05, 0.1) is 16.8 Å². The number of rotatable bonds is 6. The second kappa shape index (κ2) is 9.66. The predicted octanol–water partition coefficient (Wildman–Crippen LogP) is 7.68. The van der Waals surface area contributed by atoms with Gasteiger partial charge in [0.25, 0.3) is 0 Å². The summed E-state index contributed by atoms with van der Waals surface area (Å²) in [5.41, 5.74) is -0.356. The number of aromatic carboxylic acids is 1. The summed E-state index contributed by atoms with van der Waals surface area (Å²) in [6, 6.07) is 13.4. The first-order valence-electron chi connectivity index (χ1n) is 10.4. The maximum atomic E-state index is 14.1. The van der Waals surface area contributed by atoms with E-state index in [0.717, 1.165) is 24.3 Å². The van der Waals surface area contributed by atoms with Crippen LogP contribution in [-0.4, -0.2) is 15.6 Å². The number of benzene rings is 3. The van der Waals surface area contributed by atoms with Crippen molar-refractivity contribution in [3.05, 3.63) is 106 Å². The molecule has 0 aliphatic carbocycles. The van der Waals surface area contributed by atoms with Crippen LogP contribution in [0.1, 0.15) is 27.2 Å². The fourth-order valence-corrected chi connectivity index (χ4v) is 3.91. The standard InChI is InChI=1S/C26H17ClF5NO3/c1-14-2-6-23(33(14)20-9-16(25(34)35)8-17(10-20)26(30,31)32)21-11-18(27)4-7-24(21)36-13-15-3-5-19(28)12-22(15)29/h2-12H,13H2,1H3,(H,34,35). The van der Waals surface area contributed by atoms with Crippen molar-refractivity contribution in [1.82, 2.24) is 4.57 Å². The minimum Gasteiger partial charge on any atom is -0.488 e. The van der Waals surface area contributed by atoms with Crippen LogP contribution in [0.4, 0.5) is 22.0 Å². The van der Waals surface area contributed by atoms with Gasteiger partial charge in [0.2, 0.25) is 0 Å². The molecule has 1 heterocycles. The molecule has 3 aromatic carbocycles. The van der Waals surface area contributed by atoms with Crippen LogP contribution in [-0.2, 0) is 12.8 Å². The van der Waals surface area contributed by atoms with Gasteiger partial charge in [-0.15, -0.1) is 0 Å². The Morgan fingerprint density at radius 3 is 2.42 bits per heavy atom. The number of hydrogen-bond donors (Lipinski definition) is 1. The zero-order valence-electron chi connectivity index (χ0n) is 18.5. The van der Waals surface area contributed by atoms with E-state index in [4.69, 9.17) is 16.3 Å². The summed E-state index contributed by atoms with van der Waals surface area (Å²) >= 11 is 6.19. The van der Waals surface area contributed by atoms with Crippen LogP contribution < -0.4 is 4.74 Å². The first kappa shape index (κ1) is 25.2. The molecule has 0 spiro atoms. The molecule has 0 aliphatic heterocycles. The molecule has 10 heteroatoms. The number of ether oxygens (including phenoxy) is 1. The van der Waals surface area contributed by atoms with Crippen LogP contribution in [0, 0.1) is 18.6 Å². The van der Waals surface area contributed by atoms with Gasteiger partial charge in [0.1, 0.15) is 24.0 Å². The van der Waals surface area contributed by atoms with Gasteiger partial charge in [-0.2, -0.15) is 13.2 Å². The third kappa shape index (κ3) is 5.21. The Hall–Kier alpha value is -3.85. The smallest absolute Gasteiger partial charge is 0.416 e. The molecule has 0 unspecified atom stereocenters. The van der Waals surface area contributed by atoms with Crippen molar-refractivity contribution in [2.24, 2.45) is 0 Å². The van der Waals surface area contributed by atoms with Crippen LogP contribution in [0.25, 0.3) is 16.9 Å². The van der Waals surface area contributed by atoms with Gasteiger partial charge in [-0.3, -0.25) is 0 Å². The van der Waals surface area contributed by atoms with Crippen LogP contribution in [0.15, 0.2) is 66.7 Å². The fraction of sp³-hybridized carbons (Fsp3) is 0.115. The van der Waals surface area contributed by atoms with Gasteiger partial charge in [0, 0.05) is 33.6 Å². The lowest BCUT2D eigenvalue weighted by Crippen LogP contribution is -2.10. The number of carbonyl (C=O) groups is 1. The molecule has 0 atom stereocenters. The minimum absolute atomic E-state index is 0.0322. The topological polar surface area (TPSA) is 51.5 Å². The SMILES string of the molecule is Cc1ccc(-c2cc(Cl)ccc2OCc2ccc(F)cc2F)n1-c1cc(C(=O)O)cc(C(F)(F)F)c1. The van der Waals surface area contributed by atoms with Crippen molar-refractivity contribution >= 4 is 17.6 Å². The number of aryl methyl sites for hydroxylation is 1. The lowest BCUT2D eigenvalue weighted by Gasteiger charge is -2.18. The number of hydrogen-bond acceptors (Lipinski definition) is 2. The molecule has 4 rings (SSSR count). The summed E-state index contributed by atoms with van der Waals surface area (Å²) in [6.07, 6.45) is -4.77. The van der Waals surface area contributed by atoms with Gasteiger partial charge in [0.15, 0.2) is 0 Å². The van der Waals surface area contributed by atoms with Crippen molar-refractivity contribution in [1.29, 1.82) is 0 Å². The van der Waals surface area contributed by atoms with Crippen LogP contribution in [0.3, 0.4) is 0 Å². The monoisotopic (exact) mass is 521 g/mol. The number of aromatic nitrogens is 1. The molecule has 0 amide bonds. The highest BCUT2D eigenvalue weighted by molar-refractivity contribution is 6.31. The van der Waals surface area contributed by atoms with E-state index in [2.05, 4.69) is 0 Å². The maximum absolute atomic E-state index is 14.1. The summed E-state index contributed by atoms with van der Waals surface area (Å²) in [7, 11) is 0. The molecule has 4 aromatic rings. The quantitative estimate of drug-likeness (QED) is 0.265. The second-order valence-electron chi connectivity index (χ2n) is 7.93. The number of carboxylic acid groups (broad SMARTS) is 1. The summed E-state index contributed by atoms with van der Waals surface area (Å²) in [5, 5.41) is 9.68. The van der Waals surface area contributed by atoms with E-state index >= 15 is 0 Å². The Morgan fingerprint density at radius 1 is 1.00 bits per heavy atom. The summed E-state index contributed by atoms with van der Waals surface area (Å²) in [6.45, 7) is 1.39. The van der Waals surface area contributed by atoms with Crippen molar-refractivity contribution in [3.63, 3.8) is 0 Å².